The number of hydrogen-bond acceptors (Lipinski definition) is 2. The Balaban J connectivity index is 1.37. The maximum Gasteiger partial charge on any atom is 0.0476 e. The van der Waals surface area contributed by atoms with Gasteiger partial charge in [0.1, 0.15) is 0 Å². The number of anilines is 3. The minimum atomic E-state index is -0.0411. The Kier molecular flexibility index (Phi) is 5.28. The van der Waals surface area contributed by atoms with Crippen molar-refractivity contribution in [1.29, 1.82) is 0 Å². The van der Waals surface area contributed by atoms with Gasteiger partial charge in [-0.25, -0.2) is 0 Å². The van der Waals surface area contributed by atoms with Gasteiger partial charge in [0.05, 0.1) is 0 Å². The molecular formula is C36H29NS. The van der Waals surface area contributed by atoms with Crippen LogP contribution >= 0.6 is 11.3 Å². The topological polar surface area (TPSA) is 3.24 Å². The zero-order valence-electron chi connectivity index (χ0n) is 21.9. The second-order valence-electron chi connectivity index (χ2n) is 10.8. The minimum Gasteiger partial charge on any atom is -0.310 e. The first-order chi connectivity index (χ1) is 18.5. The lowest BCUT2D eigenvalue weighted by Crippen LogP contribution is -2.16. The summed E-state index contributed by atoms with van der Waals surface area (Å²) in [5, 5.41) is 3.46. The average Bonchev–Trinajstić information content (AvgIpc) is 3.50. The number of nitrogens with zero attached hydrogens (tertiary/aromatic N) is 1. The largest absolute Gasteiger partial charge is 0.310 e. The van der Waals surface area contributed by atoms with Gasteiger partial charge in [0.2, 0.25) is 0 Å². The smallest absolute Gasteiger partial charge is 0.0476 e. The van der Waals surface area contributed by atoms with Crippen LogP contribution in [0.4, 0.5) is 17.1 Å². The average molecular weight is 508 g/mol. The maximum atomic E-state index is 2.40. The SMILES string of the molecule is Cc1ccc(-c2ccc(N(c3ccc4c(c3)C(C)(C)c3ccccc3-4)c3ccc4ccsc4c3)cc2)cc1. The van der Waals surface area contributed by atoms with Gasteiger partial charge in [0.15, 0.2) is 0 Å². The Morgan fingerprint density at radius 1 is 0.579 bits per heavy atom. The fourth-order valence-corrected chi connectivity index (χ4v) is 6.73. The van der Waals surface area contributed by atoms with Crippen LogP contribution < -0.4 is 4.90 Å². The van der Waals surface area contributed by atoms with Gasteiger partial charge in [-0.05, 0) is 93.5 Å². The summed E-state index contributed by atoms with van der Waals surface area (Å²) in [6.45, 7) is 6.82. The van der Waals surface area contributed by atoms with E-state index < -0.39 is 0 Å². The zero-order chi connectivity index (χ0) is 25.9. The van der Waals surface area contributed by atoms with E-state index in [9.17, 15) is 0 Å². The molecule has 38 heavy (non-hydrogen) atoms. The quantitative estimate of drug-likeness (QED) is 0.229. The van der Waals surface area contributed by atoms with Crippen molar-refractivity contribution in [2.24, 2.45) is 0 Å². The van der Waals surface area contributed by atoms with E-state index in [2.05, 4.69) is 146 Å². The lowest BCUT2D eigenvalue weighted by molar-refractivity contribution is 0.660. The molecule has 0 radical (unpaired) electrons. The summed E-state index contributed by atoms with van der Waals surface area (Å²) in [6, 6.07) is 42.6. The van der Waals surface area contributed by atoms with Crippen molar-refractivity contribution in [3.63, 3.8) is 0 Å². The molecule has 0 saturated heterocycles. The molecule has 0 spiro atoms. The van der Waals surface area contributed by atoms with E-state index in [-0.39, 0.29) is 5.41 Å². The molecule has 6 aromatic rings. The van der Waals surface area contributed by atoms with E-state index in [0.717, 1.165) is 5.69 Å². The monoisotopic (exact) mass is 507 g/mol. The van der Waals surface area contributed by atoms with Crippen molar-refractivity contribution in [3.05, 3.63) is 137 Å². The minimum absolute atomic E-state index is 0.0411. The summed E-state index contributed by atoms with van der Waals surface area (Å²) < 4.78 is 1.30. The summed E-state index contributed by atoms with van der Waals surface area (Å²) in [7, 11) is 0. The molecule has 1 aliphatic rings. The van der Waals surface area contributed by atoms with Crippen LogP contribution in [0.3, 0.4) is 0 Å². The predicted octanol–water partition coefficient (Wildman–Crippen LogP) is 10.7. The first-order valence-corrected chi connectivity index (χ1v) is 14.1. The molecule has 1 aliphatic carbocycles. The molecule has 2 heteroatoms. The Labute approximate surface area is 228 Å². The third kappa shape index (κ3) is 3.68. The van der Waals surface area contributed by atoms with E-state index in [1.54, 1.807) is 11.3 Å². The second-order valence-corrected chi connectivity index (χ2v) is 11.7. The highest BCUT2D eigenvalue weighted by molar-refractivity contribution is 7.17. The molecule has 1 nitrogen and oxygen atoms in total. The number of benzene rings is 5. The third-order valence-electron chi connectivity index (χ3n) is 8.03. The third-order valence-corrected chi connectivity index (χ3v) is 8.91. The van der Waals surface area contributed by atoms with E-state index >= 15 is 0 Å². The maximum absolute atomic E-state index is 2.40. The van der Waals surface area contributed by atoms with Crippen LogP contribution in [0, 0.1) is 6.92 Å². The Bertz CT molecular complexity index is 1790. The molecule has 1 aromatic heterocycles. The fraction of sp³-hybridized carbons (Fsp3) is 0.111. The fourth-order valence-electron chi connectivity index (χ4n) is 5.91. The van der Waals surface area contributed by atoms with Crippen LogP contribution in [-0.4, -0.2) is 0 Å². The van der Waals surface area contributed by atoms with Crippen LogP contribution in [0.5, 0.6) is 0 Å². The Hall–Kier alpha value is -4.14. The molecule has 0 bridgehead atoms. The van der Waals surface area contributed by atoms with Crippen molar-refractivity contribution >= 4 is 38.5 Å². The summed E-state index contributed by atoms with van der Waals surface area (Å²) in [4.78, 5) is 2.40. The molecule has 1 heterocycles. The zero-order valence-corrected chi connectivity index (χ0v) is 22.7. The normalized spacial score (nSPS) is 13.3. The predicted molar refractivity (Wildman–Crippen MR) is 164 cm³/mol. The molecule has 0 amide bonds. The standard InChI is InChI=1S/C36H29NS/c1-24-8-10-25(11-9-24)26-12-15-28(16-13-26)37(30-17-14-27-20-21-38-35(27)23-30)29-18-19-32-31-6-4-5-7-33(31)36(2,3)34(32)22-29/h4-23H,1-3H3. The number of thiophene rings is 1. The van der Waals surface area contributed by atoms with Crippen molar-refractivity contribution in [2.45, 2.75) is 26.2 Å². The van der Waals surface area contributed by atoms with Crippen LogP contribution in [0.2, 0.25) is 0 Å². The highest BCUT2D eigenvalue weighted by Gasteiger charge is 2.35. The number of rotatable bonds is 4. The van der Waals surface area contributed by atoms with E-state index in [0.29, 0.717) is 0 Å². The molecule has 0 atom stereocenters. The number of hydrogen-bond donors (Lipinski definition) is 0. The van der Waals surface area contributed by atoms with E-state index in [1.807, 2.05) is 0 Å². The van der Waals surface area contributed by atoms with E-state index in [1.165, 1.54) is 60.4 Å². The van der Waals surface area contributed by atoms with Crippen molar-refractivity contribution in [2.75, 3.05) is 4.90 Å². The van der Waals surface area contributed by atoms with Crippen LogP contribution in [0.1, 0.15) is 30.5 Å². The highest BCUT2D eigenvalue weighted by atomic mass is 32.1. The van der Waals surface area contributed by atoms with Gasteiger partial charge >= 0.3 is 0 Å². The molecule has 0 fully saturated rings. The van der Waals surface area contributed by atoms with Crippen LogP contribution in [0.25, 0.3) is 32.3 Å². The number of fused-ring (bicyclic) bond motifs is 4. The van der Waals surface area contributed by atoms with Crippen molar-refractivity contribution in [1.82, 2.24) is 0 Å². The van der Waals surface area contributed by atoms with Gasteiger partial charge in [0, 0.05) is 27.2 Å². The summed E-state index contributed by atoms with van der Waals surface area (Å²) in [5.74, 6) is 0. The van der Waals surface area contributed by atoms with Gasteiger partial charge in [-0.1, -0.05) is 92.2 Å². The summed E-state index contributed by atoms with van der Waals surface area (Å²) in [6.07, 6.45) is 0. The summed E-state index contributed by atoms with van der Waals surface area (Å²) >= 11 is 1.79. The van der Waals surface area contributed by atoms with Crippen molar-refractivity contribution in [3.8, 4) is 22.3 Å². The Morgan fingerprint density at radius 3 is 2.00 bits per heavy atom. The van der Waals surface area contributed by atoms with Gasteiger partial charge in [-0.15, -0.1) is 11.3 Å². The first kappa shape index (κ1) is 23.0. The second kappa shape index (κ2) is 8.72. The molecule has 0 N–H and O–H groups in total. The molecule has 7 rings (SSSR count). The lowest BCUT2D eigenvalue weighted by Gasteiger charge is -2.28. The molecular weight excluding hydrogens is 478 g/mol. The first-order valence-electron chi connectivity index (χ1n) is 13.2. The van der Waals surface area contributed by atoms with Gasteiger partial charge in [-0.3, -0.25) is 0 Å². The van der Waals surface area contributed by atoms with Gasteiger partial charge < -0.3 is 4.90 Å². The van der Waals surface area contributed by atoms with Crippen molar-refractivity contribution < 1.29 is 0 Å². The molecule has 0 aliphatic heterocycles. The Morgan fingerprint density at radius 2 is 1.21 bits per heavy atom. The molecule has 0 saturated carbocycles. The lowest BCUT2D eigenvalue weighted by atomic mass is 9.82. The molecule has 5 aromatic carbocycles. The molecule has 184 valence electrons. The molecule has 0 unspecified atom stereocenters. The van der Waals surface area contributed by atoms with Crippen LogP contribution in [0.15, 0.2) is 121 Å². The summed E-state index contributed by atoms with van der Waals surface area (Å²) in [5.41, 5.74) is 12.7. The van der Waals surface area contributed by atoms with E-state index in [4.69, 9.17) is 0 Å². The van der Waals surface area contributed by atoms with Gasteiger partial charge in [-0.2, -0.15) is 0 Å². The highest BCUT2D eigenvalue weighted by Crippen LogP contribution is 2.50. The van der Waals surface area contributed by atoms with Gasteiger partial charge in [0.25, 0.3) is 0 Å². The number of aryl methyl sites for hydroxylation is 1. The van der Waals surface area contributed by atoms with Crippen LogP contribution in [-0.2, 0) is 5.41 Å².